The second-order valence-electron chi connectivity index (χ2n) is 3.56. The van der Waals surface area contributed by atoms with Gasteiger partial charge in [-0.1, -0.05) is 0 Å². The summed E-state index contributed by atoms with van der Waals surface area (Å²) in [5.74, 6) is 0. The Bertz CT molecular complexity index is 190. The molecule has 1 aliphatic carbocycles. The fourth-order valence-corrected chi connectivity index (χ4v) is 1.57. The van der Waals surface area contributed by atoms with Gasteiger partial charge < -0.3 is 31.3 Å². The molecule has 0 aromatic rings. The summed E-state index contributed by atoms with van der Waals surface area (Å²) in [7, 11) is 0. The van der Waals surface area contributed by atoms with E-state index in [-0.39, 0.29) is 6.42 Å². The average molecular weight is 193 g/mol. The van der Waals surface area contributed by atoms with Crippen molar-refractivity contribution in [2.45, 2.75) is 36.4 Å². The van der Waals surface area contributed by atoms with Crippen molar-refractivity contribution in [3.05, 3.63) is 0 Å². The van der Waals surface area contributed by atoms with E-state index in [1.807, 2.05) is 0 Å². The normalized spacial score (nSPS) is 52.2. The van der Waals surface area contributed by atoms with Crippen molar-refractivity contribution in [3.63, 3.8) is 0 Å². The maximum Gasteiger partial charge on any atom is 0.118 e. The Morgan fingerprint density at radius 1 is 1.23 bits per heavy atom. The van der Waals surface area contributed by atoms with Crippen LogP contribution >= 0.6 is 0 Å². The predicted octanol–water partition coefficient (Wildman–Crippen LogP) is -3.48. The summed E-state index contributed by atoms with van der Waals surface area (Å²) in [5, 5.41) is 46.1. The van der Waals surface area contributed by atoms with Crippen molar-refractivity contribution in [2.24, 2.45) is 5.73 Å². The summed E-state index contributed by atoms with van der Waals surface area (Å²) in [4.78, 5) is 0. The van der Waals surface area contributed by atoms with Crippen LogP contribution in [0.1, 0.15) is 6.42 Å². The van der Waals surface area contributed by atoms with E-state index < -0.39 is 36.6 Å². The topological polar surface area (TPSA) is 127 Å². The summed E-state index contributed by atoms with van der Waals surface area (Å²) in [6, 6.07) is -0.851. The highest BCUT2D eigenvalue weighted by Gasteiger charge is 2.49. The maximum atomic E-state index is 9.56. The van der Waals surface area contributed by atoms with Gasteiger partial charge in [0.2, 0.25) is 0 Å². The van der Waals surface area contributed by atoms with E-state index in [4.69, 9.17) is 10.8 Å². The second kappa shape index (κ2) is 3.49. The van der Waals surface area contributed by atoms with Gasteiger partial charge in [0.25, 0.3) is 0 Å². The zero-order valence-electron chi connectivity index (χ0n) is 7.04. The molecule has 1 unspecified atom stereocenters. The predicted molar refractivity (Wildman–Crippen MR) is 42.6 cm³/mol. The Morgan fingerprint density at radius 2 is 1.77 bits per heavy atom. The number of aliphatic hydroxyl groups excluding tert-OH is 4. The molecule has 1 aliphatic rings. The van der Waals surface area contributed by atoms with Crippen LogP contribution in [0.2, 0.25) is 0 Å². The van der Waals surface area contributed by atoms with Gasteiger partial charge in [0.05, 0.1) is 12.7 Å². The molecule has 1 fully saturated rings. The van der Waals surface area contributed by atoms with Crippen molar-refractivity contribution >= 4 is 0 Å². The lowest BCUT2D eigenvalue weighted by Gasteiger charge is -2.43. The molecule has 0 radical (unpaired) electrons. The molecule has 1 saturated carbocycles. The van der Waals surface area contributed by atoms with Crippen LogP contribution in [0.4, 0.5) is 0 Å². The van der Waals surface area contributed by atoms with Gasteiger partial charge in [-0.25, -0.2) is 0 Å². The Hall–Kier alpha value is -0.240. The van der Waals surface area contributed by atoms with E-state index in [1.54, 1.807) is 0 Å². The van der Waals surface area contributed by atoms with Crippen molar-refractivity contribution < 1.29 is 25.5 Å². The third-order valence-corrected chi connectivity index (χ3v) is 2.53. The van der Waals surface area contributed by atoms with E-state index in [1.165, 1.54) is 0 Å². The van der Waals surface area contributed by atoms with Crippen LogP contribution < -0.4 is 5.73 Å². The molecule has 7 N–H and O–H groups in total. The number of hydrogen-bond donors (Lipinski definition) is 6. The fraction of sp³-hybridized carbons (Fsp3) is 1.00. The third-order valence-electron chi connectivity index (χ3n) is 2.53. The molecule has 6 nitrogen and oxygen atoms in total. The molecule has 78 valence electrons. The smallest absolute Gasteiger partial charge is 0.118 e. The van der Waals surface area contributed by atoms with Gasteiger partial charge in [0.1, 0.15) is 17.8 Å². The van der Waals surface area contributed by atoms with Gasteiger partial charge in [0, 0.05) is 6.04 Å². The van der Waals surface area contributed by atoms with Gasteiger partial charge >= 0.3 is 0 Å². The van der Waals surface area contributed by atoms with Gasteiger partial charge in [-0.3, -0.25) is 0 Å². The van der Waals surface area contributed by atoms with Crippen molar-refractivity contribution in [2.75, 3.05) is 6.61 Å². The molecule has 0 bridgehead atoms. The highest BCUT2D eigenvalue weighted by atomic mass is 16.4. The molecular formula is C7H15NO5. The Balaban J connectivity index is 2.82. The standard InChI is InChI=1S/C7H15NO5/c8-3-1-7(13,2-9)6(12)5(11)4(3)10/h3-6,9-13H,1-2,8H2/t3-,4-,5?,6-,7-/m0/s1. The number of rotatable bonds is 1. The number of aliphatic hydroxyl groups is 5. The van der Waals surface area contributed by atoms with Gasteiger partial charge in [-0.2, -0.15) is 0 Å². The van der Waals surface area contributed by atoms with E-state index in [0.29, 0.717) is 0 Å². The maximum absolute atomic E-state index is 9.56. The van der Waals surface area contributed by atoms with Crippen LogP contribution in [0.3, 0.4) is 0 Å². The Labute approximate surface area is 75.2 Å². The highest BCUT2D eigenvalue weighted by Crippen LogP contribution is 2.28. The first-order chi connectivity index (χ1) is 5.92. The zero-order valence-corrected chi connectivity index (χ0v) is 7.04. The molecule has 0 aromatic heterocycles. The third kappa shape index (κ3) is 1.69. The van der Waals surface area contributed by atoms with Crippen LogP contribution in [0.15, 0.2) is 0 Å². The summed E-state index contributed by atoms with van der Waals surface area (Å²) in [6.07, 6.45) is -4.53. The van der Waals surface area contributed by atoms with Crippen LogP contribution in [-0.2, 0) is 0 Å². The molecule has 0 spiro atoms. The minimum absolute atomic E-state index is 0.150. The molecular weight excluding hydrogens is 178 g/mol. The SMILES string of the molecule is N[C@H]1C[C@](O)(CO)[C@@H](O)C(O)[C@H]1O. The first-order valence-electron chi connectivity index (χ1n) is 4.05. The first-order valence-corrected chi connectivity index (χ1v) is 4.05. The minimum Gasteiger partial charge on any atom is -0.393 e. The molecule has 13 heavy (non-hydrogen) atoms. The molecule has 6 heteroatoms. The lowest BCUT2D eigenvalue weighted by atomic mass is 9.77. The molecule has 0 heterocycles. The summed E-state index contributed by atoms with van der Waals surface area (Å²) >= 11 is 0. The first kappa shape index (κ1) is 10.8. The Kier molecular flexibility index (Phi) is 2.91. The zero-order chi connectivity index (χ0) is 10.2. The lowest BCUT2D eigenvalue weighted by molar-refractivity contribution is -0.203. The molecule has 0 saturated heterocycles. The van der Waals surface area contributed by atoms with Crippen LogP contribution in [0.25, 0.3) is 0 Å². The number of hydrogen-bond acceptors (Lipinski definition) is 6. The summed E-state index contributed by atoms with van der Waals surface area (Å²) in [6.45, 7) is -0.703. The highest BCUT2D eigenvalue weighted by molar-refractivity contribution is 5.03. The van der Waals surface area contributed by atoms with Crippen LogP contribution in [0, 0.1) is 0 Å². The number of nitrogens with two attached hydrogens (primary N) is 1. The van der Waals surface area contributed by atoms with Crippen molar-refractivity contribution in [1.29, 1.82) is 0 Å². The molecule has 0 amide bonds. The lowest BCUT2D eigenvalue weighted by Crippen LogP contribution is -2.66. The molecule has 0 aromatic carbocycles. The minimum atomic E-state index is -1.82. The monoisotopic (exact) mass is 193 g/mol. The quantitative estimate of drug-likeness (QED) is 0.257. The second-order valence-corrected chi connectivity index (χ2v) is 3.56. The van der Waals surface area contributed by atoms with Gasteiger partial charge in [0.15, 0.2) is 0 Å². The van der Waals surface area contributed by atoms with E-state index in [2.05, 4.69) is 0 Å². The average Bonchev–Trinajstić information content (AvgIpc) is 2.12. The van der Waals surface area contributed by atoms with Gasteiger partial charge in [-0.15, -0.1) is 0 Å². The van der Waals surface area contributed by atoms with E-state index in [9.17, 15) is 20.4 Å². The summed E-state index contributed by atoms with van der Waals surface area (Å²) in [5.41, 5.74) is 3.57. The van der Waals surface area contributed by atoms with Crippen LogP contribution in [0.5, 0.6) is 0 Å². The van der Waals surface area contributed by atoms with Gasteiger partial charge in [-0.05, 0) is 6.42 Å². The van der Waals surface area contributed by atoms with Crippen molar-refractivity contribution in [1.82, 2.24) is 0 Å². The largest absolute Gasteiger partial charge is 0.393 e. The van der Waals surface area contributed by atoms with Crippen LogP contribution in [-0.4, -0.2) is 62.1 Å². The molecule has 0 aliphatic heterocycles. The fourth-order valence-electron chi connectivity index (χ4n) is 1.57. The van der Waals surface area contributed by atoms with E-state index in [0.717, 1.165) is 0 Å². The molecule has 1 rings (SSSR count). The molecule has 5 atom stereocenters. The van der Waals surface area contributed by atoms with E-state index >= 15 is 0 Å². The summed E-state index contributed by atoms with van der Waals surface area (Å²) < 4.78 is 0. The van der Waals surface area contributed by atoms with Crippen molar-refractivity contribution in [3.8, 4) is 0 Å². The Morgan fingerprint density at radius 3 is 2.23 bits per heavy atom.